The van der Waals surface area contributed by atoms with E-state index in [1.165, 1.54) is 0 Å². The Labute approximate surface area is 130 Å². The topological polar surface area (TPSA) is 57.5 Å². The molecule has 2 N–H and O–H groups in total. The average molecular weight is 293 g/mol. The first-order chi connectivity index (χ1) is 10.7. The number of carbonyl (C=O) groups excluding carboxylic acids is 1. The Morgan fingerprint density at radius 3 is 1.86 bits per heavy atom. The maximum atomic E-state index is 10.5. The molecule has 0 saturated heterocycles. The van der Waals surface area contributed by atoms with E-state index in [1.54, 1.807) is 24.3 Å². The van der Waals surface area contributed by atoms with Crippen molar-refractivity contribution in [3.8, 4) is 11.8 Å². The van der Waals surface area contributed by atoms with Crippen molar-refractivity contribution >= 4 is 6.29 Å². The third-order valence-electron chi connectivity index (χ3n) is 3.29. The largest absolute Gasteiger partial charge is 0.396 e. The quantitative estimate of drug-likeness (QED) is 0.832. The highest BCUT2D eigenvalue weighted by molar-refractivity contribution is 5.75. The third kappa shape index (κ3) is 4.56. The minimum Gasteiger partial charge on any atom is -0.396 e. The number of hydrogen-bond acceptors (Lipinski definition) is 3. The molecule has 2 rings (SSSR count). The zero-order chi connectivity index (χ0) is 15.8. The van der Waals surface area contributed by atoms with Gasteiger partial charge in [-0.2, -0.15) is 0 Å². The number of benzene rings is 2. The Kier molecular flexibility index (Phi) is 5.91. The fourth-order valence-corrected chi connectivity index (χ4v) is 2.01. The highest BCUT2D eigenvalue weighted by Crippen LogP contribution is 2.18. The zero-order valence-corrected chi connectivity index (χ0v) is 12.1. The molecular weight excluding hydrogens is 276 g/mol. The van der Waals surface area contributed by atoms with E-state index >= 15 is 0 Å². The van der Waals surface area contributed by atoms with E-state index in [9.17, 15) is 9.90 Å². The molecule has 0 aliphatic carbocycles. The monoisotopic (exact) mass is 293 g/mol. The molecule has 22 heavy (non-hydrogen) atoms. The van der Waals surface area contributed by atoms with Crippen molar-refractivity contribution in [3.63, 3.8) is 0 Å². The maximum Gasteiger partial charge on any atom is 0.233 e. The van der Waals surface area contributed by atoms with Gasteiger partial charge < -0.3 is 10.2 Å². The first kappa shape index (κ1) is 16.0. The fourth-order valence-electron chi connectivity index (χ4n) is 2.01. The Bertz CT molecular complexity index is 661. The number of aliphatic hydroxyl groups is 2. The average Bonchev–Trinajstić information content (AvgIpc) is 2.58. The van der Waals surface area contributed by atoms with E-state index in [2.05, 4.69) is 11.8 Å². The highest BCUT2D eigenvalue weighted by atomic mass is 16.3. The minimum absolute atomic E-state index is 0.0846. The summed E-state index contributed by atoms with van der Waals surface area (Å²) in [5.74, 6) is 6.06. The van der Waals surface area contributed by atoms with Crippen LogP contribution in [0.2, 0.25) is 0 Å². The van der Waals surface area contributed by atoms with E-state index < -0.39 is 6.10 Å². The van der Waals surface area contributed by atoms with Crippen LogP contribution in [0.3, 0.4) is 0 Å². The second-order valence-electron chi connectivity index (χ2n) is 4.93. The van der Waals surface area contributed by atoms with Gasteiger partial charge >= 0.3 is 0 Å². The van der Waals surface area contributed by atoms with Crippen molar-refractivity contribution in [1.29, 1.82) is 0 Å². The summed E-state index contributed by atoms with van der Waals surface area (Å²) in [6.45, 7) is 0.0846. The van der Waals surface area contributed by atoms with Crippen molar-refractivity contribution in [2.45, 2.75) is 18.9 Å². The molecule has 0 aromatic heterocycles. The lowest BCUT2D eigenvalue weighted by molar-refractivity contribution is 0.152. The molecule has 2 aromatic rings. The first-order valence-corrected chi connectivity index (χ1v) is 7.12. The van der Waals surface area contributed by atoms with Crippen molar-refractivity contribution in [2.75, 3.05) is 6.61 Å². The third-order valence-corrected chi connectivity index (χ3v) is 3.29. The van der Waals surface area contributed by atoms with Gasteiger partial charge in [0, 0.05) is 23.3 Å². The molecule has 1 radical (unpaired) electrons. The lowest BCUT2D eigenvalue weighted by Gasteiger charge is -2.09. The number of hydrogen-bond donors (Lipinski definition) is 2. The van der Waals surface area contributed by atoms with Gasteiger partial charge in [0.1, 0.15) is 0 Å². The van der Waals surface area contributed by atoms with Gasteiger partial charge in [0.2, 0.25) is 6.29 Å². The van der Waals surface area contributed by atoms with E-state index in [1.807, 2.05) is 30.6 Å². The summed E-state index contributed by atoms with van der Waals surface area (Å²) in [7, 11) is 0. The molecule has 2 aromatic carbocycles. The summed E-state index contributed by atoms with van der Waals surface area (Å²) in [5.41, 5.74) is 3.01. The van der Waals surface area contributed by atoms with Crippen LogP contribution in [-0.2, 0) is 4.79 Å². The first-order valence-electron chi connectivity index (χ1n) is 7.12. The molecule has 1 atom stereocenters. The zero-order valence-electron chi connectivity index (χ0n) is 12.1. The SMILES string of the molecule is O=[C]c1ccc(C#Cc2ccc(C(O)CCCO)cc2)cc1. The molecule has 0 bridgehead atoms. The van der Waals surface area contributed by atoms with Gasteiger partial charge in [-0.1, -0.05) is 24.0 Å². The molecule has 0 fully saturated rings. The molecular formula is C19H17O3. The molecule has 0 heterocycles. The van der Waals surface area contributed by atoms with Crippen LogP contribution in [0.25, 0.3) is 0 Å². The summed E-state index contributed by atoms with van der Waals surface area (Å²) in [4.78, 5) is 10.5. The van der Waals surface area contributed by atoms with Gasteiger partial charge in [0.15, 0.2) is 0 Å². The van der Waals surface area contributed by atoms with Crippen LogP contribution in [0, 0.1) is 11.8 Å². The Morgan fingerprint density at radius 2 is 1.36 bits per heavy atom. The molecule has 1 unspecified atom stereocenters. The van der Waals surface area contributed by atoms with Crippen LogP contribution in [0.4, 0.5) is 0 Å². The van der Waals surface area contributed by atoms with Gasteiger partial charge in [0.25, 0.3) is 0 Å². The standard InChI is InChI=1S/C19H17O3/c20-13-1-2-19(22)18-11-9-16(10-12-18)4-3-15-5-7-17(14-21)8-6-15/h5-12,19-20,22H,1-2,13H2. The minimum atomic E-state index is -0.554. The van der Waals surface area contributed by atoms with Crippen LogP contribution < -0.4 is 0 Å². The van der Waals surface area contributed by atoms with Crippen molar-refractivity contribution < 1.29 is 15.0 Å². The van der Waals surface area contributed by atoms with Gasteiger partial charge in [-0.3, -0.25) is 4.79 Å². The summed E-state index contributed by atoms with van der Waals surface area (Å²) in [6.07, 6.45) is 2.39. The summed E-state index contributed by atoms with van der Waals surface area (Å²) < 4.78 is 0. The lowest BCUT2D eigenvalue weighted by atomic mass is 10.0. The smallest absolute Gasteiger partial charge is 0.233 e. The van der Waals surface area contributed by atoms with Crippen LogP contribution in [0.1, 0.15) is 41.2 Å². The van der Waals surface area contributed by atoms with Crippen molar-refractivity contribution in [1.82, 2.24) is 0 Å². The highest BCUT2D eigenvalue weighted by Gasteiger charge is 2.06. The second kappa shape index (κ2) is 8.14. The summed E-state index contributed by atoms with van der Waals surface area (Å²) in [6, 6.07) is 14.3. The van der Waals surface area contributed by atoms with Crippen LogP contribution in [-0.4, -0.2) is 23.1 Å². The number of rotatable bonds is 5. The summed E-state index contributed by atoms with van der Waals surface area (Å²) >= 11 is 0. The van der Waals surface area contributed by atoms with Crippen LogP contribution >= 0.6 is 0 Å². The maximum absolute atomic E-state index is 10.5. The summed E-state index contributed by atoms with van der Waals surface area (Å²) in [5, 5.41) is 18.7. The Balaban J connectivity index is 2.04. The van der Waals surface area contributed by atoms with Crippen molar-refractivity contribution in [2.24, 2.45) is 0 Å². The van der Waals surface area contributed by atoms with Crippen LogP contribution in [0.15, 0.2) is 48.5 Å². The van der Waals surface area contributed by atoms with E-state index in [4.69, 9.17) is 5.11 Å². The predicted octanol–water partition coefficient (Wildman–Crippen LogP) is 2.35. The molecule has 111 valence electrons. The van der Waals surface area contributed by atoms with E-state index in [-0.39, 0.29) is 6.61 Å². The van der Waals surface area contributed by atoms with E-state index in [0.29, 0.717) is 18.4 Å². The second-order valence-corrected chi connectivity index (χ2v) is 4.93. The molecule has 0 saturated carbocycles. The molecule has 3 heteroatoms. The van der Waals surface area contributed by atoms with Gasteiger partial charge in [-0.15, -0.1) is 0 Å². The van der Waals surface area contributed by atoms with Gasteiger partial charge in [-0.05, 0) is 54.8 Å². The van der Waals surface area contributed by atoms with E-state index in [0.717, 1.165) is 16.7 Å². The van der Waals surface area contributed by atoms with Gasteiger partial charge in [0.05, 0.1) is 6.10 Å². The molecule has 0 amide bonds. The molecule has 0 aliphatic rings. The Hall–Kier alpha value is -2.41. The normalized spacial score (nSPS) is 11.4. The Morgan fingerprint density at radius 1 is 0.864 bits per heavy atom. The van der Waals surface area contributed by atoms with Crippen LogP contribution in [0.5, 0.6) is 0 Å². The number of aliphatic hydroxyl groups excluding tert-OH is 2. The molecule has 0 aliphatic heterocycles. The predicted molar refractivity (Wildman–Crippen MR) is 84.9 cm³/mol. The fraction of sp³-hybridized carbons (Fsp3) is 0.211. The molecule has 0 spiro atoms. The van der Waals surface area contributed by atoms with Crippen molar-refractivity contribution in [3.05, 3.63) is 70.8 Å². The molecule has 3 nitrogen and oxygen atoms in total. The lowest BCUT2D eigenvalue weighted by Crippen LogP contribution is -1.98. The van der Waals surface area contributed by atoms with Gasteiger partial charge in [-0.25, -0.2) is 0 Å².